The van der Waals surface area contributed by atoms with E-state index in [1.54, 1.807) is 11.8 Å². The van der Waals surface area contributed by atoms with Crippen LogP contribution in [-0.2, 0) is 4.79 Å². The zero-order valence-electron chi connectivity index (χ0n) is 15.2. The molecule has 0 saturated carbocycles. The summed E-state index contributed by atoms with van der Waals surface area (Å²) in [6, 6.07) is 15.9. The molecule has 1 aromatic heterocycles. The highest BCUT2D eigenvalue weighted by molar-refractivity contribution is 8.03. The van der Waals surface area contributed by atoms with Gasteiger partial charge in [0.2, 0.25) is 5.78 Å². The van der Waals surface area contributed by atoms with Crippen molar-refractivity contribution in [2.75, 3.05) is 5.32 Å². The minimum atomic E-state index is -0.127. The topological polar surface area (TPSA) is 62.2 Å². The number of carbonyl (C=O) groups excluding carboxylic acids is 1. The molecule has 138 valence electrons. The van der Waals surface area contributed by atoms with Gasteiger partial charge in [0.25, 0.3) is 0 Å². The fourth-order valence-corrected chi connectivity index (χ4v) is 5.42. The van der Waals surface area contributed by atoms with Gasteiger partial charge < -0.3 is 10.4 Å². The molecule has 0 amide bonds. The molecule has 0 saturated heterocycles. The number of Topliss-reactive ketones (excluding diaryl/α,β-unsaturated/α-hetero) is 1. The summed E-state index contributed by atoms with van der Waals surface area (Å²) in [6.45, 7) is 3.72. The van der Waals surface area contributed by atoms with Crippen molar-refractivity contribution < 1.29 is 9.90 Å². The number of hydrogen-bond donors (Lipinski definition) is 2. The second kappa shape index (κ2) is 6.36. The number of para-hydroxylation sites is 2. The van der Waals surface area contributed by atoms with Crippen LogP contribution in [-0.4, -0.2) is 15.9 Å². The highest BCUT2D eigenvalue weighted by Crippen LogP contribution is 2.46. The van der Waals surface area contributed by atoms with Gasteiger partial charge >= 0.3 is 0 Å². The molecular weight excluding hydrogens is 388 g/mol. The number of allylic oxidation sites excluding steroid dienone is 4. The van der Waals surface area contributed by atoms with E-state index in [0.717, 1.165) is 42.0 Å². The van der Waals surface area contributed by atoms with E-state index in [9.17, 15) is 9.90 Å². The summed E-state index contributed by atoms with van der Waals surface area (Å²) in [5, 5.41) is 15.7. The normalized spacial score (nSPS) is 19.4. The van der Waals surface area contributed by atoms with Crippen LogP contribution in [0.5, 0.6) is 0 Å². The third-order valence-electron chi connectivity index (χ3n) is 4.98. The Morgan fingerprint density at radius 2 is 1.79 bits per heavy atom. The van der Waals surface area contributed by atoms with Gasteiger partial charge in [-0.15, -0.1) is 11.3 Å². The second-order valence-corrected chi connectivity index (χ2v) is 8.80. The third-order valence-corrected chi connectivity index (χ3v) is 7.32. The number of aliphatic hydroxyl groups excluding tert-OH is 1. The van der Waals surface area contributed by atoms with Crippen LogP contribution in [0.3, 0.4) is 0 Å². The number of anilines is 1. The number of ketones is 1. The first-order valence-corrected chi connectivity index (χ1v) is 10.5. The molecular formula is C22H16N2O2S2. The number of aliphatic hydroxyl groups is 1. The average molecular weight is 405 g/mol. The molecule has 0 atom stereocenters. The molecule has 2 aliphatic rings. The summed E-state index contributed by atoms with van der Waals surface area (Å²) in [6.07, 6.45) is 0. The van der Waals surface area contributed by atoms with Crippen LogP contribution in [0.2, 0.25) is 0 Å². The maximum Gasteiger partial charge on any atom is 0.201 e. The summed E-state index contributed by atoms with van der Waals surface area (Å²) in [5.74, 6) is -0.0669. The summed E-state index contributed by atoms with van der Waals surface area (Å²) in [4.78, 5) is 18.6. The van der Waals surface area contributed by atoms with Gasteiger partial charge in [-0.3, -0.25) is 4.79 Å². The van der Waals surface area contributed by atoms with Crippen molar-refractivity contribution in [3.8, 4) is 0 Å². The first-order chi connectivity index (χ1) is 13.5. The predicted octanol–water partition coefficient (Wildman–Crippen LogP) is 5.91. The van der Waals surface area contributed by atoms with E-state index in [1.807, 2.05) is 62.4 Å². The van der Waals surface area contributed by atoms with Gasteiger partial charge in [0.05, 0.1) is 32.1 Å². The van der Waals surface area contributed by atoms with Gasteiger partial charge in [0.1, 0.15) is 10.8 Å². The fourth-order valence-electron chi connectivity index (χ4n) is 3.44. The molecule has 1 aliphatic heterocycles. The van der Waals surface area contributed by atoms with Gasteiger partial charge in [0.15, 0.2) is 0 Å². The molecule has 28 heavy (non-hydrogen) atoms. The highest BCUT2D eigenvalue weighted by Gasteiger charge is 2.38. The number of fused-ring (bicyclic) bond motifs is 2. The van der Waals surface area contributed by atoms with E-state index in [-0.39, 0.29) is 11.5 Å². The number of hydrogen-bond acceptors (Lipinski definition) is 6. The smallest absolute Gasteiger partial charge is 0.201 e. The van der Waals surface area contributed by atoms with Crippen LogP contribution < -0.4 is 5.32 Å². The number of carbonyl (C=O) groups is 1. The molecule has 0 spiro atoms. The number of thioether (sulfide) groups is 1. The second-order valence-electron chi connectivity index (χ2n) is 6.72. The van der Waals surface area contributed by atoms with Crippen molar-refractivity contribution >= 4 is 50.4 Å². The van der Waals surface area contributed by atoms with Crippen molar-refractivity contribution in [1.29, 1.82) is 0 Å². The SMILES string of the molecule is CC(=C1Nc2ccccc2S1)C1=C(O)C(=C(C)c2nc3ccccc3s2)C1=O. The molecule has 0 bridgehead atoms. The van der Waals surface area contributed by atoms with Crippen molar-refractivity contribution in [2.24, 2.45) is 0 Å². The lowest BCUT2D eigenvalue weighted by Gasteiger charge is -2.24. The molecule has 6 heteroatoms. The minimum Gasteiger partial charge on any atom is -0.506 e. The van der Waals surface area contributed by atoms with Gasteiger partial charge in [0, 0.05) is 4.90 Å². The third kappa shape index (κ3) is 2.52. The van der Waals surface area contributed by atoms with Crippen molar-refractivity contribution in [3.05, 3.63) is 81.0 Å². The summed E-state index contributed by atoms with van der Waals surface area (Å²) >= 11 is 3.11. The molecule has 2 N–H and O–H groups in total. The molecule has 4 nitrogen and oxygen atoms in total. The van der Waals surface area contributed by atoms with Crippen LogP contribution in [0.25, 0.3) is 15.8 Å². The van der Waals surface area contributed by atoms with E-state index >= 15 is 0 Å². The molecule has 0 unspecified atom stereocenters. The van der Waals surface area contributed by atoms with Crippen molar-refractivity contribution in [1.82, 2.24) is 4.98 Å². The predicted molar refractivity (Wildman–Crippen MR) is 115 cm³/mol. The Kier molecular flexibility index (Phi) is 3.92. The highest BCUT2D eigenvalue weighted by atomic mass is 32.2. The lowest BCUT2D eigenvalue weighted by molar-refractivity contribution is -0.113. The number of nitrogens with one attached hydrogen (secondary N) is 1. The number of benzene rings is 2. The van der Waals surface area contributed by atoms with Gasteiger partial charge in [-0.25, -0.2) is 4.98 Å². The lowest BCUT2D eigenvalue weighted by atomic mass is 9.81. The van der Waals surface area contributed by atoms with Crippen LogP contribution in [0, 0.1) is 0 Å². The molecule has 0 radical (unpaired) electrons. The first-order valence-electron chi connectivity index (χ1n) is 8.85. The quantitative estimate of drug-likeness (QED) is 0.520. The Balaban J connectivity index is 1.54. The number of rotatable bonds is 2. The Morgan fingerprint density at radius 3 is 2.54 bits per heavy atom. The standard InChI is InChI=1S/C22H16N2O2S2/c1-11(21-23-13-7-3-5-9-15(13)27-21)17-19(25)18(20(17)26)12(2)22-24-14-8-4-6-10-16(14)28-22/h3-10,23,25H,1-2H3. The Morgan fingerprint density at radius 1 is 1.04 bits per heavy atom. The van der Waals surface area contributed by atoms with E-state index in [1.165, 1.54) is 11.3 Å². The van der Waals surface area contributed by atoms with Gasteiger partial charge in [-0.05, 0) is 49.3 Å². The Hall–Kier alpha value is -2.83. The maximum absolute atomic E-state index is 12.9. The lowest BCUT2D eigenvalue weighted by Crippen LogP contribution is -2.25. The minimum absolute atomic E-state index is 0.0603. The Bertz CT molecular complexity index is 1200. The number of thiazole rings is 1. The molecule has 5 rings (SSSR count). The van der Waals surface area contributed by atoms with Crippen LogP contribution in [0.1, 0.15) is 18.9 Å². The fraction of sp³-hybridized carbons (Fsp3) is 0.0909. The average Bonchev–Trinajstić information content (AvgIpc) is 3.32. The first kappa shape index (κ1) is 17.3. The summed E-state index contributed by atoms with van der Waals surface area (Å²) in [5.41, 5.74) is 4.17. The van der Waals surface area contributed by atoms with E-state index in [2.05, 4.69) is 10.3 Å². The van der Waals surface area contributed by atoms with Gasteiger partial charge in [-0.1, -0.05) is 36.0 Å². The summed E-state index contributed by atoms with van der Waals surface area (Å²) in [7, 11) is 0. The van der Waals surface area contributed by atoms with Crippen molar-refractivity contribution in [3.63, 3.8) is 0 Å². The molecule has 2 aromatic carbocycles. The molecule has 0 fully saturated rings. The van der Waals surface area contributed by atoms with E-state index < -0.39 is 0 Å². The Labute approximate surface area is 170 Å². The molecule has 2 heterocycles. The largest absolute Gasteiger partial charge is 0.506 e. The van der Waals surface area contributed by atoms with E-state index in [4.69, 9.17) is 0 Å². The van der Waals surface area contributed by atoms with Crippen molar-refractivity contribution in [2.45, 2.75) is 18.7 Å². The summed E-state index contributed by atoms with van der Waals surface area (Å²) < 4.78 is 1.07. The van der Waals surface area contributed by atoms with Gasteiger partial charge in [-0.2, -0.15) is 0 Å². The molecule has 1 aliphatic carbocycles. The number of nitrogens with zero attached hydrogens (tertiary/aromatic N) is 1. The van der Waals surface area contributed by atoms with Crippen LogP contribution >= 0.6 is 23.1 Å². The maximum atomic E-state index is 12.9. The van der Waals surface area contributed by atoms with Crippen LogP contribution in [0.4, 0.5) is 5.69 Å². The van der Waals surface area contributed by atoms with Crippen LogP contribution in [0.15, 0.2) is 80.9 Å². The zero-order chi connectivity index (χ0) is 19.4. The number of aromatic nitrogens is 1. The monoisotopic (exact) mass is 404 g/mol. The molecule has 3 aromatic rings. The van der Waals surface area contributed by atoms with E-state index in [0.29, 0.717) is 11.1 Å². The zero-order valence-corrected chi connectivity index (χ0v) is 16.9.